The van der Waals surface area contributed by atoms with E-state index in [1.807, 2.05) is 0 Å². The summed E-state index contributed by atoms with van der Waals surface area (Å²) >= 11 is 0. The number of carbonyl (C=O) groups excluding carboxylic acids is 1. The average molecular weight is 258 g/mol. The Morgan fingerprint density at radius 2 is 2.26 bits per heavy atom. The second kappa shape index (κ2) is 5.74. The van der Waals surface area contributed by atoms with Gasteiger partial charge >= 0.3 is 0 Å². The van der Waals surface area contributed by atoms with Crippen molar-refractivity contribution in [3.63, 3.8) is 0 Å². The van der Waals surface area contributed by atoms with Gasteiger partial charge in [0.05, 0.1) is 0 Å². The molecular formula is C16H22N2O. The molecule has 2 N–H and O–H groups in total. The maximum Gasteiger partial charge on any atom is 0.220 e. The minimum Gasteiger partial charge on any atom is -0.355 e. The summed E-state index contributed by atoms with van der Waals surface area (Å²) in [6.45, 7) is 3.01. The Morgan fingerprint density at radius 1 is 1.37 bits per heavy atom. The average Bonchev–Trinajstić information content (AvgIpc) is 2.90. The summed E-state index contributed by atoms with van der Waals surface area (Å²) in [5, 5.41) is 6.43. The fourth-order valence-electron chi connectivity index (χ4n) is 3.17. The molecule has 1 aliphatic carbocycles. The van der Waals surface area contributed by atoms with E-state index in [1.165, 1.54) is 17.5 Å². The zero-order valence-corrected chi connectivity index (χ0v) is 11.3. The van der Waals surface area contributed by atoms with Crippen molar-refractivity contribution in [2.75, 3.05) is 19.6 Å². The van der Waals surface area contributed by atoms with Gasteiger partial charge in [-0.25, -0.2) is 0 Å². The molecule has 1 amide bonds. The molecule has 1 heterocycles. The van der Waals surface area contributed by atoms with Crippen LogP contribution < -0.4 is 10.6 Å². The second-order valence-electron chi connectivity index (χ2n) is 5.80. The van der Waals surface area contributed by atoms with Gasteiger partial charge < -0.3 is 10.6 Å². The van der Waals surface area contributed by atoms with Gasteiger partial charge in [0.15, 0.2) is 0 Å². The van der Waals surface area contributed by atoms with Gasteiger partial charge in [0, 0.05) is 18.9 Å². The predicted octanol–water partition coefficient (Wildman–Crippen LogP) is 1.83. The SMILES string of the molecule is O=C(CCC1CCNC1)NCC1Cc2ccccc21. The van der Waals surface area contributed by atoms with Crippen molar-refractivity contribution in [1.29, 1.82) is 0 Å². The third-order valence-corrected chi connectivity index (χ3v) is 4.45. The number of rotatable bonds is 5. The van der Waals surface area contributed by atoms with Crippen LogP contribution in [0, 0.1) is 5.92 Å². The molecule has 102 valence electrons. The van der Waals surface area contributed by atoms with Crippen LogP contribution in [-0.4, -0.2) is 25.5 Å². The summed E-state index contributed by atoms with van der Waals surface area (Å²) in [6, 6.07) is 8.53. The molecule has 1 fully saturated rings. The van der Waals surface area contributed by atoms with Crippen LogP contribution in [0.2, 0.25) is 0 Å². The maximum atomic E-state index is 11.8. The fraction of sp³-hybridized carbons (Fsp3) is 0.562. The minimum absolute atomic E-state index is 0.219. The molecule has 1 saturated heterocycles. The van der Waals surface area contributed by atoms with Gasteiger partial charge in [0.25, 0.3) is 0 Å². The van der Waals surface area contributed by atoms with Gasteiger partial charge in [0.2, 0.25) is 5.91 Å². The number of carbonyl (C=O) groups is 1. The van der Waals surface area contributed by atoms with E-state index < -0.39 is 0 Å². The fourth-order valence-corrected chi connectivity index (χ4v) is 3.17. The standard InChI is InChI=1S/C16H22N2O/c19-16(6-5-12-7-8-17-10-12)18-11-14-9-13-3-1-2-4-15(13)14/h1-4,12,14,17H,5-11H2,(H,18,19). The van der Waals surface area contributed by atoms with E-state index in [2.05, 4.69) is 34.9 Å². The number of amides is 1. The van der Waals surface area contributed by atoms with Crippen LogP contribution in [0.15, 0.2) is 24.3 Å². The quantitative estimate of drug-likeness (QED) is 0.846. The maximum absolute atomic E-state index is 11.8. The molecule has 2 atom stereocenters. The smallest absolute Gasteiger partial charge is 0.220 e. The summed E-state index contributed by atoms with van der Waals surface area (Å²) in [6.07, 6.45) is 4.05. The van der Waals surface area contributed by atoms with Crippen molar-refractivity contribution >= 4 is 5.91 Å². The van der Waals surface area contributed by atoms with Crippen LogP contribution in [0.25, 0.3) is 0 Å². The third-order valence-electron chi connectivity index (χ3n) is 4.45. The van der Waals surface area contributed by atoms with Crippen molar-refractivity contribution in [2.24, 2.45) is 5.92 Å². The molecule has 3 nitrogen and oxygen atoms in total. The van der Waals surface area contributed by atoms with Crippen LogP contribution in [0.3, 0.4) is 0 Å². The summed E-state index contributed by atoms with van der Waals surface area (Å²) < 4.78 is 0. The summed E-state index contributed by atoms with van der Waals surface area (Å²) in [5.41, 5.74) is 2.86. The summed E-state index contributed by atoms with van der Waals surface area (Å²) in [4.78, 5) is 11.8. The molecule has 0 bridgehead atoms. The van der Waals surface area contributed by atoms with Gasteiger partial charge in [-0.05, 0) is 49.4 Å². The lowest BCUT2D eigenvalue weighted by Crippen LogP contribution is -2.33. The van der Waals surface area contributed by atoms with Crippen molar-refractivity contribution in [2.45, 2.75) is 31.6 Å². The molecule has 3 heteroatoms. The lowest BCUT2D eigenvalue weighted by molar-refractivity contribution is -0.121. The van der Waals surface area contributed by atoms with E-state index in [4.69, 9.17) is 0 Å². The Balaban J connectivity index is 1.37. The second-order valence-corrected chi connectivity index (χ2v) is 5.80. The highest BCUT2D eigenvalue weighted by Crippen LogP contribution is 2.33. The minimum atomic E-state index is 0.219. The van der Waals surface area contributed by atoms with Crippen LogP contribution in [0.5, 0.6) is 0 Å². The van der Waals surface area contributed by atoms with Gasteiger partial charge in [-0.3, -0.25) is 4.79 Å². The van der Waals surface area contributed by atoms with E-state index in [-0.39, 0.29) is 5.91 Å². The van der Waals surface area contributed by atoms with Crippen LogP contribution in [-0.2, 0) is 11.2 Å². The van der Waals surface area contributed by atoms with E-state index in [0.717, 1.165) is 32.5 Å². The van der Waals surface area contributed by atoms with E-state index >= 15 is 0 Å². The Labute approximate surface area is 114 Å². The lowest BCUT2D eigenvalue weighted by Gasteiger charge is -2.30. The Morgan fingerprint density at radius 3 is 3.05 bits per heavy atom. The van der Waals surface area contributed by atoms with E-state index in [1.54, 1.807) is 0 Å². The van der Waals surface area contributed by atoms with Crippen molar-refractivity contribution in [3.8, 4) is 0 Å². The Kier molecular flexibility index (Phi) is 3.83. The summed E-state index contributed by atoms with van der Waals surface area (Å²) in [7, 11) is 0. The molecule has 2 aliphatic rings. The van der Waals surface area contributed by atoms with Crippen molar-refractivity contribution < 1.29 is 4.79 Å². The first-order valence-electron chi connectivity index (χ1n) is 7.38. The zero-order valence-electron chi connectivity index (χ0n) is 11.3. The number of hydrogen-bond acceptors (Lipinski definition) is 2. The molecule has 0 radical (unpaired) electrons. The Bertz CT molecular complexity index is 452. The molecule has 0 aromatic heterocycles. The van der Waals surface area contributed by atoms with E-state index in [0.29, 0.717) is 18.3 Å². The van der Waals surface area contributed by atoms with Crippen LogP contribution in [0.1, 0.15) is 36.3 Å². The molecule has 0 spiro atoms. The van der Waals surface area contributed by atoms with Crippen LogP contribution >= 0.6 is 0 Å². The molecule has 19 heavy (non-hydrogen) atoms. The monoisotopic (exact) mass is 258 g/mol. The van der Waals surface area contributed by atoms with Crippen molar-refractivity contribution in [3.05, 3.63) is 35.4 Å². The van der Waals surface area contributed by atoms with Crippen molar-refractivity contribution in [1.82, 2.24) is 10.6 Å². The van der Waals surface area contributed by atoms with Gasteiger partial charge in [0.1, 0.15) is 0 Å². The third kappa shape index (κ3) is 2.98. The molecule has 1 aromatic carbocycles. The number of benzene rings is 1. The molecular weight excluding hydrogens is 236 g/mol. The highest BCUT2D eigenvalue weighted by Gasteiger charge is 2.25. The molecule has 3 rings (SSSR count). The molecule has 2 unspecified atom stereocenters. The number of hydrogen-bond donors (Lipinski definition) is 2. The molecule has 1 aliphatic heterocycles. The van der Waals surface area contributed by atoms with E-state index in [9.17, 15) is 4.79 Å². The normalized spacial score (nSPS) is 24.6. The highest BCUT2D eigenvalue weighted by atomic mass is 16.1. The summed E-state index contributed by atoms with van der Waals surface area (Å²) in [5.74, 6) is 1.46. The zero-order chi connectivity index (χ0) is 13.1. The largest absolute Gasteiger partial charge is 0.355 e. The highest BCUT2D eigenvalue weighted by molar-refractivity contribution is 5.76. The lowest BCUT2D eigenvalue weighted by atomic mass is 9.77. The molecule has 0 saturated carbocycles. The Hall–Kier alpha value is -1.35. The van der Waals surface area contributed by atoms with Gasteiger partial charge in [-0.15, -0.1) is 0 Å². The van der Waals surface area contributed by atoms with Gasteiger partial charge in [-0.1, -0.05) is 24.3 Å². The number of fused-ring (bicyclic) bond motifs is 1. The first kappa shape index (κ1) is 12.7. The molecule has 1 aromatic rings. The number of nitrogens with one attached hydrogen (secondary N) is 2. The predicted molar refractivity (Wildman–Crippen MR) is 76.1 cm³/mol. The van der Waals surface area contributed by atoms with Gasteiger partial charge in [-0.2, -0.15) is 0 Å². The first-order chi connectivity index (χ1) is 9.33. The first-order valence-corrected chi connectivity index (χ1v) is 7.38. The van der Waals surface area contributed by atoms with Crippen LogP contribution in [0.4, 0.5) is 0 Å². The topological polar surface area (TPSA) is 41.1 Å².